The van der Waals surface area contributed by atoms with E-state index in [9.17, 15) is 10.0 Å². The molecule has 0 aliphatic carbocycles. The van der Waals surface area contributed by atoms with Crippen LogP contribution >= 0.6 is 0 Å². The summed E-state index contributed by atoms with van der Waals surface area (Å²) in [6.07, 6.45) is 2.68. The van der Waals surface area contributed by atoms with Gasteiger partial charge in [-0.2, -0.15) is 0 Å². The molecule has 5 rings (SSSR count). The largest absolute Gasteiger partial charge is 0.497 e. The number of likely N-dealkylation sites (tertiary alicyclic amines) is 1. The summed E-state index contributed by atoms with van der Waals surface area (Å²) in [5.41, 5.74) is 3.27. The molecular formula is C29H36N4O5. The highest BCUT2D eigenvalue weighted by atomic mass is 16.6. The summed E-state index contributed by atoms with van der Waals surface area (Å²) in [6, 6.07) is 13.7. The third-order valence-electron chi connectivity index (χ3n) is 7.51. The number of methoxy groups -OCH3 is 1. The van der Waals surface area contributed by atoms with Crippen LogP contribution in [0.3, 0.4) is 0 Å². The molecule has 9 heteroatoms. The molecule has 0 unspecified atom stereocenters. The highest BCUT2D eigenvalue weighted by Crippen LogP contribution is 2.31. The van der Waals surface area contributed by atoms with Gasteiger partial charge in [-0.15, -0.1) is 0 Å². The van der Waals surface area contributed by atoms with Gasteiger partial charge in [-0.05, 0) is 62.2 Å². The number of piperidine rings is 1. The fraction of sp³-hybridized carbons (Fsp3) is 0.448. The highest BCUT2D eigenvalue weighted by Gasteiger charge is 2.20. The lowest BCUT2D eigenvalue weighted by molar-refractivity contribution is 0.171. The molecule has 0 amide bonds. The van der Waals surface area contributed by atoms with E-state index in [0.717, 1.165) is 67.0 Å². The van der Waals surface area contributed by atoms with Gasteiger partial charge in [-0.25, -0.2) is 0 Å². The summed E-state index contributed by atoms with van der Waals surface area (Å²) in [5, 5.41) is 17.6. The molecule has 0 saturated carbocycles. The van der Waals surface area contributed by atoms with Crippen LogP contribution in [0.2, 0.25) is 0 Å². The van der Waals surface area contributed by atoms with E-state index in [0.29, 0.717) is 43.7 Å². The normalized spacial score (nSPS) is 16.6. The van der Waals surface area contributed by atoms with E-state index in [-0.39, 0.29) is 5.56 Å². The van der Waals surface area contributed by atoms with Gasteiger partial charge >= 0.3 is 0 Å². The maximum Gasteiger partial charge on any atom is 0.251 e. The van der Waals surface area contributed by atoms with Gasteiger partial charge in [0.25, 0.3) is 5.56 Å². The van der Waals surface area contributed by atoms with Gasteiger partial charge in [0.05, 0.1) is 18.3 Å². The van der Waals surface area contributed by atoms with Crippen molar-refractivity contribution >= 4 is 16.6 Å². The first kappa shape index (κ1) is 26.1. The topological polar surface area (TPSA) is 97.6 Å². The molecule has 1 aromatic heterocycles. The summed E-state index contributed by atoms with van der Waals surface area (Å²) in [6.45, 7) is 7.25. The molecule has 2 aromatic carbocycles. The standard InChI is InChI=1S/C29H36N4O5/c1-3-25(31-35)24-17-22(36-2)18-26-23(24)5-7-29(34)33(26)13-12-32-10-8-21(9-11-32)30-19-20-4-6-27-28(16-20)38-15-14-37-27/h4-7,16-18,21,30,35H,3,8-15,19H2,1-2H3/b31-25-. The number of hydrogen-bond acceptors (Lipinski definition) is 8. The van der Waals surface area contributed by atoms with E-state index in [1.54, 1.807) is 17.7 Å². The minimum Gasteiger partial charge on any atom is -0.497 e. The summed E-state index contributed by atoms with van der Waals surface area (Å²) in [4.78, 5) is 15.3. The second kappa shape index (κ2) is 11.9. The Bertz CT molecular complexity index is 1360. The third-order valence-corrected chi connectivity index (χ3v) is 7.51. The fourth-order valence-electron chi connectivity index (χ4n) is 5.34. The van der Waals surface area contributed by atoms with E-state index in [1.165, 1.54) is 5.56 Å². The molecular weight excluding hydrogens is 484 g/mol. The van der Waals surface area contributed by atoms with Gasteiger partial charge in [0.15, 0.2) is 11.5 Å². The zero-order chi connectivity index (χ0) is 26.5. The van der Waals surface area contributed by atoms with Crippen LogP contribution in [0.15, 0.2) is 52.4 Å². The van der Waals surface area contributed by atoms with Crippen LogP contribution in [-0.2, 0) is 13.1 Å². The molecule has 202 valence electrons. The number of pyridine rings is 1. The average Bonchev–Trinajstić information content (AvgIpc) is 2.96. The Hall–Kier alpha value is -3.56. The fourth-order valence-corrected chi connectivity index (χ4v) is 5.34. The molecule has 2 aliphatic rings. The van der Waals surface area contributed by atoms with Crippen LogP contribution in [-0.4, -0.2) is 66.4 Å². The summed E-state index contributed by atoms with van der Waals surface area (Å²) >= 11 is 0. The summed E-state index contributed by atoms with van der Waals surface area (Å²) < 4.78 is 18.6. The Kier molecular flexibility index (Phi) is 8.14. The Morgan fingerprint density at radius 2 is 1.87 bits per heavy atom. The number of nitrogens with zero attached hydrogens (tertiary/aromatic N) is 3. The van der Waals surface area contributed by atoms with Gasteiger partial charge in [0.2, 0.25) is 0 Å². The number of benzene rings is 2. The van der Waals surface area contributed by atoms with Crippen molar-refractivity contribution in [2.45, 2.75) is 45.3 Å². The van der Waals surface area contributed by atoms with Gasteiger partial charge in [-0.1, -0.05) is 18.1 Å². The van der Waals surface area contributed by atoms with E-state index in [2.05, 4.69) is 27.5 Å². The van der Waals surface area contributed by atoms with Crippen molar-refractivity contribution in [2.75, 3.05) is 40.0 Å². The molecule has 38 heavy (non-hydrogen) atoms. The van der Waals surface area contributed by atoms with Gasteiger partial charge in [0, 0.05) is 48.8 Å². The second-order valence-corrected chi connectivity index (χ2v) is 9.81. The van der Waals surface area contributed by atoms with Crippen LogP contribution in [0.4, 0.5) is 0 Å². The second-order valence-electron chi connectivity index (χ2n) is 9.81. The third kappa shape index (κ3) is 5.63. The lowest BCUT2D eigenvalue weighted by Gasteiger charge is -2.32. The highest BCUT2D eigenvalue weighted by molar-refractivity contribution is 6.10. The average molecular weight is 521 g/mol. The number of aromatic nitrogens is 1. The van der Waals surface area contributed by atoms with E-state index >= 15 is 0 Å². The van der Waals surface area contributed by atoms with Crippen LogP contribution in [0.1, 0.15) is 37.3 Å². The molecule has 2 N–H and O–H groups in total. The number of fused-ring (bicyclic) bond motifs is 2. The summed E-state index contributed by atoms with van der Waals surface area (Å²) in [5.74, 6) is 2.28. The van der Waals surface area contributed by atoms with E-state index in [4.69, 9.17) is 14.2 Å². The lowest BCUT2D eigenvalue weighted by atomic mass is 10.0. The van der Waals surface area contributed by atoms with Crippen molar-refractivity contribution in [2.24, 2.45) is 5.16 Å². The van der Waals surface area contributed by atoms with E-state index in [1.807, 2.05) is 31.2 Å². The first-order valence-electron chi connectivity index (χ1n) is 13.4. The Balaban J connectivity index is 1.20. The van der Waals surface area contributed by atoms with Gasteiger partial charge < -0.3 is 34.2 Å². The minimum atomic E-state index is -0.0494. The molecule has 1 fully saturated rings. The van der Waals surface area contributed by atoms with Crippen LogP contribution in [0.5, 0.6) is 17.2 Å². The monoisotopic (exact) mass is 520 g/mol. The Morgan fingerprint density at radius 1 is 1.08 bits per heavy atom. The van der Waals surface area contributed by atoms with Gasteiger partial charge in [0.1, 0.15) is 19.0 Å². The zero-order valence-corrected chi connectivity index (χ0v) is 22.1. The molecule has 1 saturated heterocycles. The van der Waals surface area contributed by atoms with Crippen molar-refractivity contribution in [1.82, 2.24) is 14.8 Å². The number of hydrogen-bond donors (Lipinski definition) is 2. The number of rotatable bonds is 9. The molecule has 3 aromatic rings. The molecule has 3 heterocycles. The van der Waals surface area contributed by atoms with Crippen LogP contribution in [0.25, 0.3) is 10.9 Å². The van der Waals surface area contributed by atoms with Crippen LogP contribution in [0, 0.1) is 0 Å². The number of oxime groups is 1. The smallest absolute Gasteiger partial charge is 0.251 e. The molecule has 0 spiro atoms. The molecule has 2 aliphatic heterocycles. The minimum absolute atomic E-state index is 0.0494. The SMILES string of the molecule is CC/C(=N/O)c1cc(OC)cc2c1ccc(=O)n2CCN1CCC(NCc2ccc3c(c2)OCCO3)CC1. The maximum absolute atomic E-state index is 12.9. The molecule has 0 bridgehead atoms. The van der Waals surface area contributed by atoms with E-state index < -0.39 is 0 Å². The summed E-state index contributed by atoms with van der Waals surface area (Å²) in [7, 11) is 1.60. The zero-order valence-electron chi connectivity index (χ0n) is 22.1. The quantitative estimate of drug-likeness (QED) is 0.253. The van der Waals surface area contributed by atoms with Gasteiger partial charge in [-0.3, -0.25) is 4.79 Å². The number of ether oxygens (including phenoxy) is 3. The van der Waals surface area contributed by atoms with Crippen molar-refractivity contribution in [3.05, 3.63) is 63.9 Å². The lowest BCUT2D eigenvalue weighted by Crippen LogP contribution is -2.43. The molecule has 0 atom stereocenters. The predicted molar refractivity (Wildman–Crippen MR) is 147 cm³/mol. The van der Waals surface area contributed by atoms with Crippen molar-refractivity contribution in [3.63, 3.8) is 0 Å². The van der Waals surface area contributed by atoms with Crippen molar-refractivity contribution < 1.29 is 19.4 Å². The maximum atomic E-state index is 12.9. The number of nitrogens with one attached hydrogen (secondary N) is 1. The van der Waals surface area contributed by atoms with Crippen molar-refractivity contribution in [1.29, 1.82) is 0 Å². The Morgan fingerprint density at radius 3 is 2.61 bits per heavy atom. The Labute approximate surface area is 222 Å². The van der Waals surface area contributed by atoms with Crippen LogP contribution < -0.4 is 25.1 Å². The predicted octanol–water partition coefficient (Wildman–Crippen LogP) is 3.62. The van der Waals surface area contributed by atoms with Crippen molar-refractivity contribution in [3.8, 4) is 17.2 Å². The first-order chi connectivity index (χ1) is 18.6. The molecule has 0 radical (unpaired) electrons. The first-order valence-corrected chi connectivity index (χ1v) is 13.4. The molecule has 9 nitrogen and oxygen atoms in total.